The molecular weight excluding hydrogens is 462 g/mol. The van der Waals surface area contributed by atoms with Crippen LogP contribution in [0.1, 0.15) is 43.1 Å². The van der Waals surface area contributed by atoms with Crippen LogP contribution in [0.15, 0.2) is 54.6 Å². The van der Waals surface area contributed by atoms with Gasteiger partial charge in [0, 0.05) is 17.8 Å². The fourth-order valence-corrected chi connectivity index (χ4v) is 4.42. The maximum atomic E-state index is 13.0. The smallest absolute Gasteiger partial charge is 0.410 e. The van der Waals surface area contributed by atoms with E-state index in [0.717, 1.165) is 11.3 Å². The van der Waals surface area contributed by atoms with Crippen LogP contribution >= 0.6 is 0 Å². The largest absolute Gasteiger partial charge is 0.498 e. The van der Waals surface area contributed by atoms with Gasteiger partial charge in [-0.3, -0.25) is 9.38 Å². The number of quaternary nitrogens is 1. The number of nitrogens with zero attached hydrogens (tertiary/aromatic N) is 2. The predicted molar refractivity (Wildman–Crippen MR) is 133 cm³/mol. The molecule has 1 saturated heterocycles. The SMILES string of the molecule is COC(=O)c1ccc(NCC[C@@H]2C[N+](Cc3ccccc3)(C(=O)[O-])CCN2C(=O)OC(C)(C)C)cc1. The molecular formula is C27H35N3O6. The van der Waals surface area contributed by atoms with Gasteiger partial charge in [0.1, 0.15) is 25.2 Å². The van der Waals surface area contributed by atoms with E-state index in [1.165, 1.54) is 7.11 Å². The number of carbonyl (C=O) groups is 3. The highest BCUT2D eigenvalue weighted by Gasteiger charge is 2.43. The van der Waals surface area contributed by atoms with Crippen LogP contribution in [0, 0.1) is 0 Å². The maximum absolute atomic E-state index is 13.0. The second-order valence-corrected chi connectivity index (χ2v) is 10.1. The highest BCUT2D eigenvalue weighted by atomic mass is 16.6. The summed E-state index contributed by atoms with van der Waals surface area (Å²) in [5.41, 5.74) is 1.48. The van der Waals surface area contributed by atoms with E-state index in [9.17, 15) is 19.5 Å². The number of piperazine rings is 1. The fourth-order valence-electron chi connectivity index (χ4n) is 4.42. The molecule has 9 nitrogen and oxygen atoms in total. The zero-order valence-corrected chi connectivity index (χ0v) is 21.4. The zero-order valence-electron chi connectivity index (χ0n) is 21.4. The fraction of sp³-hybridized carbons (Fsp3) is 0.444. The molecule has 2 aromatic carbocycles. The third-order valence-corrected chi connectivity index (χ3v) is 6.23. The Morgan fingerprint density at radius 2 is 1.75 bits per heavy atom. The van der Waals surface area contributed by atoms with Crippen molar-refractivity contribution in [2.24, 2.45) is 0 Å². The van der Waals surface area contributed by atoms with Crippen molar-refractivity contribution >= 4 is 23.8 Å². The molecule has 0 saturated carbocycles. The molecule has 1 fully saturated rings. The van der Waals surface area contributed by atoms with Crippen LogP contribution < -0.4 is 10.4 Å². The quantitative estimate of drug-likeness (QED) is 0.462. The molecule has 36 heavy (non-hydrogen) atoms. The van der Waals surface area contributed by atoms with Crippen LogP contribution in [-0.4, -0.2) is 72.5 Å². The lowest BCUT2D eigenvalue weighted by Gasteiger charge is -2.48. The van der Waals surface area contributed by atoms with E-state index < -0.39 is 23.8 Å². The molecule has 2 amide bonds. The normalized spacial score (nSPS) is 19.9. The summed E-state index contributed by atoms with van der Waals surface area (Å²) in [6, 6.07) is 16.0. The Morgan fingerprint density at radius 3 is 2.33 bits per heavy atom. The predicted octanol–water partition coefficient (Wildman–Crippen LogP) is 3.25. The molecule has 1 aliphatic heterocycles. The number of methoxy groups -OCH3 is 1. The van der Waals surface area contributed by atoms with Gasteiger partial charge in [-0.25, -0.2) is 9.59 Å². The minimum atomic E-state index is -1.15. The van der Waals surface area contributed by atoms with Gasteiger partial charge in [-0.1, -0.05) is 30.3 Å². The molecule has 1 aliphatic rings. The van der Waals surface area contributed by atoms with Gasteiger partial charge in [-0.15, -0.1) is 0 Å². The van der Waals surface area contributed by atoms with E-state index in [1.807, 2.05) is 30.3 Å². The van der Waals surface area contributed by atoms with Crippen LogP contribution in [0.3, 0.4) is 0 Å². The van der Waals surface area contributed by atoms with Gasteiger partial charge >= 0.3 is 12.1 Å². The topological polar surface area (TPSA) is 108 Å². The molecule has 194 valence electrons. The van der Waals surface area contributed by atoms with E-state index in [2.05, 4.69) is 5.32 Å². The second kappa shape index (κ2) is 11.4. The van der Waals surface area contributed by atoms with E-state index in [4.69, 9.17) is 9.47 Å². The first kappa shape index (κ1) is 27.0. The number of amides is 2. The van der Waals surface area contributed by atoms with Crippen LogP contribution in [0.25, 0.3) is 0 Å². The van der Waals surface area contributed by atoms with Crippen molar-refractivity contribution in [2.75, 3.05) is 38.6 Å². The third kappa shape index (κ3) is 6.97. The molecule has 0 radical (unpaired) electrons. The van der Waals surface area contributed by atoms with E-state index in [1.54, 1.807) is 49.9 Å². The molecule has 0 spiro atoms. The van der Waals surface area contributed by atoms with Crippen LogP contribution in [0.2, 0.25) is 0 Å². The summed E-state index contributed by atoms with van der Waals surface area (Å²) < 4.78 is 10.1. The van der Waals surface area contributed by atoms with Crippen LogP contribution in [0.4, 0.5) is 15.3 Å². The first-order chi connectivity index (χ1) is 17.0. The molecule has 2 atom stereocenters. The summed E-state index contributed by atoms with van der Waals surface area (Å²) in [7, 11) is 1.33. The number of rotatable bonds is 7. The highest BCUT2D eigenvalue weighted by molar-refractivity contribution is 5.89. The number of ether oxygens (including phenoxy) is 2. The first-order valence-corrected chi connectivity index (χ1v) is 12.1. The Morgan fingerprint density at radius 1 is 1.08 bits per heavy atom. The Labute approximate surface area is 212 Å². The summed E-state index contributed by atoms with van der Waals surface area (Å²) in [5.74, 6) is -0.411. The number of hydrogen-bond donors (Lipinski definition) is 1. The van der Waals surface area contributed by atoms with Gasteiger partial charge in [0.15, 0.2) is 0 Å². The lowest BCUT2D eigenvalue weighted by molar-refractivity contribution is -0.895. The van der Waals surface area contributed by atoms with Crippen molar-refractivity contribution in [3.8, 4) is 0 Å². The Balaban J connectivity index is 1.75. The van der Waals surface area contributed by atoms with Gasteiger partial charge in [0.25, 0.3) is 6.09 Å². The average Bonchev–Trinajstić information content (AvgIpc) is 2.83. The number of benzene rings is 2. The van der Waals surface area contributed by atoms with Crippen molar-refractivity contribution in [1.29, 1.82) is 0 Å². The van der Waals surface area contributed by atoms with Gasteiger partial charge < -0.3 is 24.7 Å². The molecule has 0 aliphatic carbocycles. The van der Waals surface area contributed by atoms with Gasteiger partial charge in [-0.2, -0.15) is 0 Å². The molecule has 3 rings (SSSR count). The van der Waals surface area contributed by atoms with Crippen molar-refractivity contribution < 1.29 is 33.4 Å². The molecule has 0 aromatic heterocycles. The second-order valence-electron chi connectivity index (χ2n) is 10.1. The van der Waals surface area contributed by atoms with Crippen molar-refractivity contribution in [3.63, 3.8) is 0 Å². The van der Waals surface area contributed by atoms with Gasteiger partial charge in [0.2, 0.25) is 0 Å². The Kier molecular flexibility index (Phi) is 8.57. The van der Waals surface area contributed by atoms with Crippen molar-refractivity contribution in [2.45, 2.75) is 45.4 Å². The molecule has 1 unspecified atom stereocenters. The van der Waals surface area contributed by atoms with E-state index in [0.29, 0.717) is 18.5 Å². The van der Waals surface area contributed by atoms with E-state index in [-0.39, 0.29) is 36.7 Å². The van der Waals surface area contributed by atoms with Crippen molar-refractivity contribution in [3.05, 3.63) is 65.7 Å². The summed E-state index contributed by atoms with van der Waals surface area (Å²) in [6.07, 6.45) is -1.11. The number of esters is 1. The standard InChI is InChI=1S/C27H35N3O6/c1-27(2,3)36-25(32)29-16-17-30(26(33)34,18-20-8-6-5-7-9-20)19-23(29)14-15-28-22-12-10-21(11-13-22)24(31)35-4/h5-13,23H,14-19H2,1-4H3,(H-,28,31,33,34)/t23-,30?/m1/s1. The number of carbonyl (C=O) groups excluding carboxylic acids is 3. The lowest BCUT2D eigenvalue weighted by atomic mass is 10.0. The molecule has 1 heterocycles. The highest BCUT2D eigenvalue weighted by Crippen LogP contribution is 2.26. The van der Waals surface area contributed by atoms with Gasteiger partial charge in [-0.05, 0) is 51.5 Å². The van der Waals surface area contributed by atoms with Crippen LogP contribution in [0.5, 0.6) is 0 Å². The number of nitrogens with one attached hydrogen (secondary N) is 1. The van der Waals surface area contributed by atoms with Crippen LogP contribution in [-0.2, 0) is 16.0 Å². The molecule has 9 heteroatoms. The van der Waals surface area contributed by atoms with Crippen molar-refractivity contribution in [1.82, 2.24) is 4.90 Å². The van der Waals surface area contributed by atoms with Gasteiger partial charge in [0.05, 0.1) is 25.3 Å². The maximum Gasteiger partial charge on any atom is 0.410 e. The summed E-state index contributed by atoms with van der Waals surface area (Å²) in [6.45, 7) is 6.87. The summed E-state index contributed by atoms with van der Waals surface area (Å²) >= 11 is 0. The monoisotopic (exact) mass is 497 g/mol. The minimum Gasteiger partial charge on any atom is -0.498 e. The minimum absolute atomic E-state index is 0.208. The average molecular weight is 498 g/mol. The summed E-state index contributed by atoms with van der Waals surface area (Å²) in [5, 5.41) is 15.7. The number of anilines is 1. The Bertz CT molecular complexity index is 1050. The number of carboxylic acid groups (broad SMARTS) is 1. The molecule has 2 aromatic rings. The number of hydrogen-bond acceptors (Lipinski definition) is 7. The lowest BCUT2D eigenvalue weighted by Crippen LogP contribution is -2.69. The zero-order chi connectivity index (χ0) is 26.3. The summed E-state index contributed by atoms with van der Waals surface area (Å²) in [4.78, 5) is 38.7. The third-order valence-electron chi connectivity index (χ3n) is 6.23. The first-order valence-electron chi connectivity index (χ1n) is 12.1. The molecule has 0 bridgehead atoms. The Hall–Kier alpha value is -3.59. The van der Waals surface area contributed by atoms with E-state index >= 15 is 0 Å². The molecule has 1 N–H and O–H groups in total.